The van der Waals surface area contributed by atoms with Gasteiger partial charge < -0.3 is 10.1 Å². The SMILES string of the molecule is O=C(COc1ccc2c(c1)CCCC2)NNC(=S)Nc1ccccc1. The van der Waals surface area contributed by atoms with E-state index in [4.69, 9.17) is 17.0 Å². The summed E-state index contributed by atoms with van der Waals surface area (Å²) in [6.07, 6.45) is 4.68. The molecule has 1 aliphatic rings. The molecule has 0 atom stereocenters. The number of hydrogen-bond acceptors (Lipinski definition) is 3. The van der Waals surface area contributed by atoms with Crippen molar-refractivity contribution in [3.63, 3.8) is 0 Å². The molecule has 2 aromatic carbocycles. The average Bonchev–Trinajstić information content (AvgIpc) is 2.65. The highest BCUT2D eigenvalue weighted by atomic mass is 32.1. The fraction of sp³-hybridized carbons (Fsp3) is 0.263. The van der Waals surface area contributed by atoms with E-state index in [2.05, 4.69) is 22.2 Å². The predicted molar refractivity (Wildman–Crippen MR) is 103 cm³/mol. The number of amides is 1. The van der Waals surface area contributed by atoms with Gasteiger partial charge in [0.05, 0.1) is 0 Å². The zero-order valence-corrected chi connectivity index (χ0v) is 14.7. The van der Waals surface area contributed by atoms with E-state index < -0.39 is 0 Å². The molecule has 0 heterocycles. The van der Waals surface area contributed by atoms with Gasteiger partial charge in [0, 0.05) is 5.69 Å². The lowest BCUT2D eigenvalue weighted by Gasteiger charge is -2.17. The number of carbonyl (C=O) groups is 1. The lowest BCUT2D eigenvalue weighted by atomic mass is 9.92. The van der Waals surface area contributed by atoms with Crippen molar-refractivity contribution in [2.75, 3.05) is 11.9 Å². The van der Waals surface area contributed by atoms with Gasteiger partial charge in [-0.1, -0.05) is 24.3 Å². The molecule has 2 aromatic rings. The zero-order valence-electron chi connectivity index (χ0n) is 13.9. The summed E-state index contributed by atoms with van der Waals surface area (Å²) < 4.78 is 5.57. The number of fused-ring (bicyclic) bond motifs is 1. The number of hydrogen-bond donors (Lipinski definition) is 3. The Bertz CT molecular complexity index is 750. The first kappa shape index (κ1) is 17.2. The number of rotatable bonds is 4. The van der Waals surface area contributed by atoms with E-state index in [1.165, 1.54) is 24.0 Å². The summed E-state index contributed by atoms with van der Waals surface area (Å²) >= 11 is 5.12. The van der Waals surface area contributed by atoms with Crippen LogP contribution >= 0.6 is 12.2 Å². The summed E-state index contributed by atoms with van der Waals surface area (Å²) in [6.45, 7) is -0.0697. The third-order valence-electron chi connectivity index (χ3n) is 4.04. The van der Waals surface area contributed by atoms with Crippen molar-refractivity contribution >= 4 is 28.9 Å². The molecule has 0 unspecified atom stereocenters. The highest BCUT2D eigenvalue weighted by Crippen LogP contribution is 2.25. The monoisotopic (exact) mass is 355 g/mol. The standard InChI is InChI=1S/C19H21N3O2S/c23-18(21-22-19(25)20-16-8-2-1-3-9-16)13-24-17-11-10-14-6-4-5-7-15(14)12-17/h1-3,8-12H,4-7,13H2,(H,21,23)(H2,20,22,25). The Morgan fingerprint density at radius 2 is 1.76 bits per heavy atom. The van der Waals surface area contributed by atoms with Gasteiger partial charge in [-0.25, -0.2) is 0 Å². The van der Waals surface area contributed by atoms with Crippen molar-refractivity contribution in [1.29, 1.82) is 0 Å². The van der Waals surface area contributed by atoms with Crippen molar-refractivity contribution in [1.82, 2.24) is 10.9 Å². The zero-order chi connectivity index (χ0) is 17.5. The smallest absolute Gasteiger partial charge is 0.276 e. The number of anilines is 1. The van der Waals surface area contributed by atoms with Gasteiger partial charge in [-0.3, -0.25) is 15.6 Å². The van der Waals surface area contributed by atoms with Gasteiger partial charge in [0.1, 0.15) is 5.75 Å². The van der Waals surface area contributed by atoms with Gasteiger partial charge in [-0.05, 0) is 73.3 Å². The lowest BCUT2D eigenvalue weighted by molar-refractivity contribution is -0.123. The van der Waals surface area contributed by atoms with Gasteiger partial charge in [-0.2, -0.15) is 0 Å². The Labute approximate surface area is 152 Å². The molecule has 0 saturated heterocycles. The first-order valence-electron chi connectivity index (χ1n) is 8.36. The molecule has 0 bridgehead atoms. The molecule has 0 aromatic heterocycles. The summed E-state index contributed by atoms with van der Waals surface area (Å²) in [7, 11) is 0. The van der Waals surface area contributed by atoms with Gasteiger partial charge in [0.2, 0.25) is 0 Å². The van der Waals surface area contributed by atoms with Crippen LogP contribution in [0, 0.1) is 0 Å². The molecule has 0 aliphatic heterocycles. The molecule has 3 N–H and O–H groups in total. The van der Waals surface area contributed by atoms with Crippen LogP contribution in [0.1, 0.15) is 24.0 Å². The minimum absolute atomic E-state index is 0.0697. The molecule has 1 amide bonds. The summed E-state index contributed by atoms with van der Waals surface area (Å²) in [6, 6.07) is 15.5. The van der Waals surface area contributed by atoms with Crippen molar-refractivity contribution in [3.05, 3.63) is 59.7 Å². The van der Waals surface area contributed by atoms with Crippen LogP contribution in [0.5, 0.6) is 5.75 Å². The summed E-state index contributed by atoms with van der Waals surface area (Å²) in [4.78, 5) is 11.9. The second kappa shape index (κ2) is 8.48. The Balaban J connectivity index is 1.41. The van der Waals surface area contributed by atoms with Crippen LogP contribution in [-0.2, 0) is 17.6 Å². The maximum Gasteiger partial charge on any atom is 0.276 e. The topological polar surface area (TPSA) is 62.4 Å². The Kier molecular flexibility index (Phi) is 5.85. The van der Waals surface area contributed by atoms with Crippen LogP contribution in [0.2, 0.25) is 0 Å². The molecule has 0 radical (unpaired) electrons. The van der Waals surface area contributed by atoms with E-state index in [-0.39, 0.29) is 12.5 Å². The molecule has 0 spiro atoms. The number of aryl methyl sites for hydroxylation is 2. The third kappa shape index (κ3) is 5.19. The third-order valence-corrected chi connectivity index (χ3v) is 4.24. The van der Waals surface area contributed by atoms with E-state index in [0.29, 0.717) is 5.11 Å². The Hall–Kier alpha value is -2.60. The molecule has 130 valence electrons. The molecule has 1 aliphatic carbocycles. The van der Waals surface area contributed by atoms with Crippen LogP contribution in [0.15, 0.2) is 48.5 Å². The maximum absolute atomic E-state index is 11.9. The largest absolute Gasteiger partial charge is 0.484 e. The highest BCUT2D eigenvalue weighted by molar-refractivity contribution is 7.80. The van der Waals surface area contributed by atoms with Gasteiger partial charge in [-0.15, -0.1) is 0 Å². The van der Waals surface area contributed by atoms with Crippen molar-refractivity contribution < 1.29 is 9.53 Å². The summed E-state index contributed by atoms with van der Waals surface area (Å²) in [5.41, 5.74) is 8.74. The van der Waals surface area contributed by atoms with Crippen LogP contribution in [0.3, 0.4) is 0 Å². The van der Waals surface area contributed by atoms with E-state index in [1.54, 1.807) is 0 Å². The van der Waals surface area contributed by atoms with E-state index in [0.717, 1.165) is 24.3 Å². The predicted octanol–water partition coefficient (Wildman–Crippen LogP) is 2.96. The minimum atomic E-state index is -0.296. The number of para-hydroxylation sites is 1. The summed E-state index contributed by atoms with van der Waals surface area (Å²) in [5.74, 6) is 0.427. The molecule has 0 fully saturated rings. The van der Waals surface area contributed by atoms with Gasteiger partial charge >= 0.3 is 0 Å². The van der Waals surface area contributed by atoms with E-state index in [9.17, 15) is 4.79 Å². The number of thiocarbonyl (C=S) groups is 1. The first-order chi connectivity index (χ1) is 12.2. The lowest BCUT2D eigenvalue weighted by Crippen LogP contribution is -2.45. The van der Waals surface area contributed by atoms with Crippen molar-refractivity contribution in [2.24, 2.45) is 0 Å². The molecular weight excluding hydrogens is 334 g/mol. The molecule has 25 heavy (non-hydrogen) atoms. The maximum atomic E-state index is 11.9. The fourth-order valence-corrected chi connectivity index (χ4v) is 2.96. The van der Waals surface area contributed by atoms with Crippen LogP contribution in [-0.4, -0.2) is 17.6 Å². The molecule has 5 nitrogen and oxygen atoms in total. The number of benzene rings is 2. The first-order valence-corrected chi connectivity index (χ1v) is 8.77. The van der Waals surface area contributed by atoms with E-state index in [1.807, 2.05) is 42.5 Å². The average molecular weight is 355 g/mol. The second-order valence-electron chi connectivity index (χ2n) is 5.92. The molecule has 6 heteroatoms. The number of ether oxygens (including phenoxy) is 1. The number of nitrogens with one attached hydrogen (secondary N) is 3. The minimum Gasteiger partial charge on any atom is -0.484 e. The van der Waals surface area contributed by atoms with Crippen molar-refractivity contribution in [2.45, 2.75) is 25.7 Å². The quantitative estimate of drug-likeness (QED) is 0.581. The van der Waals surface area contributed by atoms with Gasteiger partial charge in [0.25, 0.3) is 5.91 Å². The second-order valence-corrected chi connectivity index (χ2v) is 6.33. The molecule has 3 rings (SSSR count). The normalized spacial score (nSPS) is 12.6. The fourth-order valence-electron chi connectivity index (χ4n) is 2.79. The van der Waals surface area contributed by atoms with Crippen LogP contribution < -0.4 is 20.9 Å². The molecular formula is C19H21N3O2S. The number of hydrazine groups is 1. The molecule has 0 saturated carbocycles. The van der Waals surface area contributed by atoms with Crippen LogP contribution in [0.25, 0.3) is 0 Å². The van der Waals surface area contributed by atoms with Gasteiger partial charge in [0.15, 0.2) is 11.7 Å². The van der Waals surface area contributed by atoms with Crippen molar-refractivity contribution in [3.8, 4) is 5.75 Å². The number of carbonyl (C=O) groups excluding carboxylic acids is 1. The summed E-state index contributed by atoms with van der Waals surface area (Å²) in [5, 5.41) is 3.28. The Morgan fingerprint density at radius 3 is 2.56 bits per heavy atom. The van der Waals surface area contributed by atoms with Crippen LogP contribution in [0.4, 0.5) is 5.69 Å². The highest BCUT2D eigenvalue weighted by Gasteiger charge is 2.10. The van der Waals surface area contributed by atoms with E-state index >= 15 is 0 Å². The Morgan fingerprint density at radius 1 is 1.00 bits per heavy atom.